The zero-order valence-corrected chi connectivity index (χ0v) is 14.1. The molecule has 0 saturated heterocycles. The van der Waals surface area contributed by atoms with Crippen molar-refractivity contribution in [3.63, 3.8) is 0 Å². The smallest absolute Gasteiger partial charge is 0.274 e. The van der Waals surface area contributed by atoms with E-state index in [9.17, 15) is 14.7 Å². The molecule has 0 fully saturated rings. The number of nitrogens with zero attached hydrogens (tertiary/aromatic N) is 2. The molecule has 0 aliphatic carbocycles. The summed E-state index contributed by atoms with van der Waals surface area (Å²) in [6.07, 6.45) is -0.925. The first-order valence-corrected chi connectivity index (χ1v) is 7.92. The predicted octanol–water partition coefficient (Wildman–Crippen LogP) is 1.85. The summed E-state index contributed by atoms with van der Waals surface area (Å²) in [4.78, 5) is 24.3. The molecule has 6 heteroatoms. The van der Waals surface area contributed by atoms with Crippen LogP contribution in [-0.4, -0.2) is 20.8 Å². The van der Waals surface area contributed by atoms with Gasteiger partial charge in [-0.2, -0.15) is 5.10 Å². The molecule has 1 aromatic heterocycles. The van der Waals surface area contributed by atoms with E-state index in [1.54, 1.807) is 24.3 Å². The highest BCUT2D eigenvalue weighted by molar-refractivity contribution is 6.03. The summed E-state index contributed by atoms with van der Waals surface area (Å²) < 4.78 is 1.10. The van der Waals surface area contributed by atoms with Gasteiger partial charge in [0.05, 0.1) is 18.0 Å². The second kappa shape index (κ2) is 6.49. The highest BCUT2D eigenvalue weighted by Gasteiger charge is 2.17. The quantitative estimate of drug-likeness (QED) is 0.759. The number of primary amides is 1. The van der Waals surface area contributed by atoms with Crippen LogP contribution in [0.5, 0.6) is 0 Å². The van der Waals surface area contributed by atoms with Gasteiger partial charge in [0.1, 0.15) is 0 Å². The Morgan fingerprint density at radius 1 is 1.16 bits per heavy atom. The van der Waals surface area contributed by atoms with E-state index < -0.39 is 12.0 Å². The van der Waals surface area contributed by atoms with Gasteiger partial charge in [-0.1, -0.05) is 47.5 Å². The third-order valence-corrected chi connectivity index (χ3v) is 4.08. The van der Waals surface area contributed by atoms with Crippen LogP contribution >= 0.6 is 0 Å². The van der Waals surface area contributed by atoms with Crippen LogP contribution in [0.3, 0.4) is 0 Å². The normalized spacial score (nSPS) is 12.3. The average molecular weight is 337 g/mol. The first-order valence-electron chi connectivity index (χ1n) is 7.92. The fourth-order valence-electron chi connectivity index (χ4n) is 3.01. The minimum Gasteiger partial charge on any atom is -0.386 e. The number of benzene rings is 2. The lowest BCUT2D eigenvalue weighted by atomic mass is 10.0. The molecular weight excluding hydrogens is 318 g/mol. The Bertz CT molecular complexity index is 1000. The molecule has 1 atom stereocenters. The van der Waals surface area contributed by atoms with Gasteiger partial charge in [-0.05, 0) is 25.5 Å². The second-order valence-electron chi connectivity index (χ2n) is 6.18. The van der Waals surface area contributed by atoms with Crippen molar-refractivity contribution in [1.82, 2.24) is 9.78 Å². The summed E-state index contributed by atoms with van der Waals surface area (Å²) in [5, 5.41) is 15.4. The largest absolute Gasteiger partial charge is 0.386 e. The molecule has 0 spiro atoms. The molecule has 0 aliphatic heterocycles. The van der Waals surface area contributed by atoms with Crippen LogP contribution < -0.4 is 11.3 Å². The first kappa shape index (κ1) is 16.9. The molecule has 1 unspecified atom stereocenters. The lowest BCUT2D eigenvalue weighted by Crippen LogP contribution is -2.29. The van der Waals surface area contributed by atoms with Gasteiger partial charge < -0.3 is 10.8 Å². The molecule has 3 N–H and O–H groups in total. The summed E-state index contributed by atoms with van der Waals surface area (Å²) in [5.41, 5.74) is 7.78. The highest BCUT2D eigenvalue weighted by atomic mass is 16.3. The number of fused-ring (bicyclic) bond motifs is 1. The zero-order chi connectivity index (χ0) is 18.1. The van der Waals surface area contributed by atoms with Crippen molar-refractivity contribution in [2.24, 2.45) is 5.73 Å². The number of aliphatic hydroxyl groups excluding tert-OH is 1. The lowest BCUT2D eigenvalue weighted by molar-refractivity contribution is 0.0992. The van der Waals surface area contributed by atoms with Gasteiger partial charge in [-0.3, -0.25) is 9.59 Å². The zero-order valence-electron chi connectivity index (χ0n) is 14.1. The number of aromatic nitrogens is 2. The SMILES string of the molecule is Cc1cc(C)cc(C(O)Cn2nc(C(N)=O)c3ccccc3c2=O)c1. The Balaban J connectivity index is 2.08. The Hall–Kier alpha value is -2.99. The molecule has 1 amide bonds. The number of aryl methyl sites for hydroxylation is 2. The number of aliphatic hydroxyl groups is 1. The summed E-state index contributed by atoms with van der Waals surface area (Å²) >= 11 is 0. The standard InChI is InChI=1S/C19H19N3O3/c1-11-7-12(2)9-13(8-11)16(23)10-22-19(25)15-6-4-3-5-14(15)17(21-22)18(20)24/h3-9,16,23H,10H2,1-2H3,(H2,20,24). The van der Waals surface area contributed by atoms with Crippen molar-refractivity contribution >= 4 is 16.7 Å². The maximum Gasteiger partial charge on any atom is 0.274 e. The maximum absolute atomic E-state index is 12.6. The molecule has 0 bridgehead atoms. The predicted molar refractivity (Wildman–Crippen MR) is 95.4 cm³/mol. The molecule has 1 heterocycles. The van der Waals surface area contributed by atoms with Crippen LogP contribution in [0.25, 0.3) is 10.8 Å². The van der Waals surface area contributed by atoms with Crippen LogP contribution in [0.2, 0.25) is 0 Å². The Morgan fingerprint density at radius 3 is 2.36 bits per heavy atom. The monoisotopic (exact) mass is 337 g/mol. The molecule has 2 aromatic carbocycles. The topological polar surface area (TPSA) is 98.2 Å². The number of carbonyl (C=O) groups excluding carboxylic acids is 1. The van der Waals surface area contributed by atoms with Crippen LogP contribution in [0.4, 0.5) is 0 Å². The number of rotatable bonds is 4. The van der Waals surface area contributed by atoms with Crippen molar-refractivity contribution in [3.8, 4) is 0 Å². The van der Waals surface area contributed by atoms with Gasteiger partial charge >= 0.3 is 0 Å². The van der Waals surface area contributed by atoms with Gasteiger partial charge in [0.25, 0.3) is 11.5 Å². The molecule has 0 aliphatic rings. The third kappa shape index (κ3) is 3.29. The van der Waals surface area contributed by atoms with E-state index in [1.807, 2.05) is 32.0 Å². The van der Waals surface area contributed by atoms with E-state index in [4.69, 9.17) is 5.73 Å². The van der Waals surface area contributed by atoms with E-state index in [0.29, 0.717) is 16.3 Å². The molecule has 3 rings (SSSR count). The molecule has 128 valence electrons. The molecule has 25 heavy (non-hydrogen) atoms. The minimum atomic E-state index is -0.925. The van der Waals surface area contributed by atoms with Crippen LogP contribution in [0.15, 0.2) is 47.3 Å². The van der Waals surface area contributed by atoms with E-state index in [-0.39, 0.29) is 17.8 Å². The number of nitrogens with two attached hydrogens (primary N) is 1. The van der Waals surface area contributed by atoms with Gasteiger partial charge in [-0.25, -0.2) is 4.68 Å². The molecule has 3 aromatic rings. The Morgan fingerprint density at radius 2 is 1.76 bits per heavy atom. The van der Waals surface area contributed by atoms with Gasteiger partial charge in [0.15, 0.2) is 5.69 Å². The number of carbonyl (C=O) groups is 1. The van der Waals surface area contributed by atoms with E-state index in [2.05, 4.69) is 5.10 Å². The first-order chi connectivity index (χ1) is 11.9. The number of hydrogen-bond donors (Lipinski definition) is 2. The Labute approximate surface area is 144 Å². The summed E-state index contributed by atoms with van der Waals surface area (Å²) in [6, 6.07) is 12.4. The highest BCUT2D eigenvalue weighted by Crippen LogP contribution is 2.19. The summed E-state index contributed by atoms with van der Waals surface area (Å²) in [5.74, 6) is -0.717. The van der Waals surface area contributed by atoms with Crippen LogP contribution in [0, 0.1) is 13.8 Å². The van der Waals surface area contributed by atoms with E-state index >= 15 is 0 Å². The van der Waals surface area contributed by atoms with E-state index in [0.717, 1.165) is 15.8 Å². The van der Waals surface area contributed by atoms with Crippen LogP contribution in [0.1, 0.15) is 33.3 Å². The van der Waals surface area contributed by atoms with Crippen molar-refractivity contribution in [2.45, 2.75) is 26.5 Å². The van der Waals surface area contributed by atoms with Crippen LogP contribution in [-0.2, 0) is 6.54 Å². The van der Waals surface area contributed by atoms with E-state index in [1.165, 1.54) is 0 Å². The fraction of sp³-hybridized carbons (Fsp3) is 0.211. The fourth-order valence-corrected chi connectivity index (χ4v) is 3.01. The average Bonchev–Trinajstić information content (AvgIpc) is 2.56. The van der Waals surface area contributed by atoms with Crippen molar-refractivity contribution in [2.75, 3.05) is 0 Å². The van der Waals surface area contributed by atoms with Crippen molar-refractivity contribution < 1.29 is 9.90 Å². The summed E-state index contributed by atoms with van der Waals surface area (Å²) in [7, 11) is 0. The lowest BCUT2D eigenvalue weighted by Gasteiger charge is -2.15. The second-order valence-corrected chi connectivity index (χ2v) is 6.18. The number of hydrogen-bond acceptors (Lipinski definition) is 4. The maximum atomic E-state index is 12.6. The molecular formula is C19H19N3O3. The van der Waals surface area contributed by atoms with Gasteiger partial charge in [0, 0.05) is 5.39 Å². The molecule has 0 saturated carbocycles. The van der Waals surface area contributed by atoms with Gasteiger partial charge in [-0.15, -0.1) is 0 Å². The number of amides is 1. The molecule has 0 radical (unpaired) electrons. The molecule has 6 nitrogen and oxygen atoms in total. The Kier molecular flexibility index (Phi) is 4.37. The van der Waals surface area contributed by atoms with Crippen molar-refractivity contribution in [1.29, 1.82) is 0 Å². The summed E-state index contributed by atoms with van der Waals surface area (Å²) in [6.45, 7) is 3.82. The van der Waals surface area contributed by atoms with Gasteiger partial charge in [0.2, 0.25) is 0 Å². The minimum absolute atomic E-state index is 0.0165. The van der Waals surface area contributed by atoms with Crippen molar-refractivity contribution in [3.05, 3.63) is 75.2 Å². The third-order valence-electron chi connectivity index (χ3n) is 4.08.